The van der Waals surface area contributed by atoms with Gasteiger partial charge in [0, 0.05) is 0 Å². The number of esters is 2. The van der Waals surface area contributed by atoms with E-state index in [1.165, 1.54) is 25.7 Å². The maximum absolute atomic E-state index is 12.1. The Morgan fingerprint density at radius 3 is 2.24 bits per heavy atom. The van der Waals surface area contributed by atoms with E-state index in [-0.39, 0.29) is 12.1 Å². The highest BCUT2D eigenvalue weighted by atomic mass is 16.5. The van der Waals surface area contributed by atoms with Crippen molar-refractivity contribution in [1.29, 1.82) is 0 Å². The number of rotatable bonds is 12. The minimum Gasteiger partial charge on any atom is -0.462 e. The Morgan fingerprint density at radius 2 is 1.56 bits per heavy atom. The number of carbonyl (C=O) groups excluding carboxylic acids is 2. The zero-order chi connectivity index (χ0) is 18.5. The summed E-state index contributed by atoms with van der Waals surface area (Å²) in [5.74, 6) is -0.781. The number of unbranched alkanes of at least 4 members (excludes halogenated alkanes) is 5. The van der Waals surface area contributed by atoms with E-state index >= 15 is 0 Å². The quantitative estimate of drug-likeness (QED) is 0.367. The fourth-order valence-corrected chi connectivity index (χ4v) is 2.62. The molecule has 0 spiro atoms. The molecule has 0 saturated heterocycles. The van der Waals surface area contributed by atoms with Crippen LogP contribution in [0, 0.1) is 0 Å². The van der Waals surface area contributed by atoms with Crippen LogP contribution >= 0.6 is 0 Å². The van der Waals surface area contributed by atoms with Crippen LogP contribution in [0.1, 0.15) is 92.9 Å². The van der Waals surface area contributed by atoms with Gasteiger partial charge in [0.15, 0.2) is 0 Å². The molecule has 4 nitrogen and oxygen atoms in total. The van der Waals surface area contributed by atoms with Gasteiger partial charge in [0.05, 0.1) is 23.8 Å². The third-order valence-corrected chi connectivity index (χ3v) is 4.07. The summed E-state index contributed by atoms with van der Waals surface area (Å²) >= 11 is 0. The van der Waals surface area contributed by atoms with Gasteiger partial charge in [-0.2, -0.15) is 0 Å². The van der Waals surface area contributed by atoms with Crippen molar-refractivity contribution in [1.82, 2.24) is 0 Å². The molecule has 0 aliphatic carbocycles. The average molecular weight is 348 g/mol. The van der Waals surface area contributed by atoms with Crippen molar-refractivity contribution in [2.24, 2.45) is 0 Å². The van der Waals surface area contributed by atoms with E-state index in [1.54, 1.807) is 24.3 Å². The van der Waals surface area contributed by atoms with Gasteiger partial charge < -0.3 is 9.47 Å². The molecule has 0 heterocycles. The Hall–Kier alpha value is -1.84. The first-order valence-corrected chi connectivity index (χ1v) is 9.56. The smallest absolute Gasteiger partial charge is 0.338 e. The molecule has 0 saturated carbocycles. The summed E-state index contributed by atoms with van der Waals surface area (Å²) in [5, 5.41) is 0. The van der Waals surface area contributed by atoms with Crippen LogP contribution in [0.15, 0.2) is 24.3 Å². The highest BCUT2D eigenvalue weighted by molar-refractivity contribution is 5.95. The lowest BCUT2D eigenvalue weighted by atomic mass is 10.1. The molecule has 140 valence electrons. The van der Waals surface area contributed by atoms with E-state index in [9.17, 15) is 9.59 Å². The zero-order valence-corrected chi connectivity index (χ0v) is 15.9. The summed E-state index contributed by atoms with van der Waals surface area (Å²) in [6.45, 7) is 6.54. The second-order valence-electron chi connectivity index (χ2n) is 6.49. The van der Waals surface area contributed by atoms with Gasteiger partial charge in [0.2, 0.25) is 0 Å². The molecule has 4 heteroatoms. The molecule has 1 rings (SSSR count). The fraction of sp³-hybridized carbons (Fsp3) is 0.619. The predicted octanol–water partition coefficient (Wildman–Crippen LogP) is 5.55. The predicted molar refractivity (Wildman–Crippen MR) is 99.9 cm³/mol. The van der Waals surface area contributed by atoms with Gasteiger partial charge in [-0.3, -0.25) is 0 Å². The largest absolute Gasteiger partial charge is 0.462 e. The van der Waals surface area contributed by atoms with Crippen LogP contribution in [0.25, 0.3) is 0 Å². The lowest BCUT2D eigenvalue weighted by Gasteiger charge is -2.12. The molecule has 0 radical (unpaired) electrons. The fourth-order valence-electron chi connectivity index (χ4n) is 2.62. The number of carbonyl (C=O) groups is 2. The van der Waals surface area contributed by atoms with Crippen molar-refractivity contribution >= 4 is 11.9 Å². The van der Waals surface area contributed by atoms with Crippen molar-refractivity contribution in [3.63, 3.8) is 0 Å². The molecule has 0 N–H and O–H groups in total. The molecule has 0 amide bonds. The van der Waals surface area contributed by atoms with Gasteiger partial charge in [-0.1, -0.05) is 58.4 Å². The molecule has 1 atom stereocenters. The maximum atomic E-state index is 12.1. The highest BCUT2D eigenvalue weighted by Crippen LogP contribution is 2.12. The molecule has 1 aromatic carbocycles. The van der Waals surface area contributed by atoms with Gasteiger partial charge in [-0.05, 0) is 38.0 Å². The zero-order valence-electron chi connectivity index (χ0n) is 15.9. The van der Waals surface area contributed by atoms with Crippen LogP contribution in [-0.4, -0.2) is 24.6 Å². The average Bonchev–Trinajstić information content (AvgIpc) is 2.61. The Morgan fingerprint density at radius 1 is 0.920 bits per heavy atom. The first-order valence-electron chi connectivity index (χ1n) is 9.56. The SMILES string of the molecule is CCCCCCCCOC(=O)c1cccc(C(=O)OC(C)CCC)c1. The summed E-state index contributed by atoms with van der Waals surface area (Å²) < 4.78 is 10.7. The maximum Gasteiger partial charge on any atom is 0.338 e. The lowest BCUT2D eigenvalue weighted by Crippen LogP contribution is -2.15. The van der Waals surface area contributed by atoms with Crippen molar-refractivity contribution in [2.75, 3.05) is 6.61 Å². The minimum absolute atomic E-state index is 0.124. The number of ether oxygens (including phenoxy) is 2. The van der Waals surface area contributed by atoms with E-state index < -0.39 is 5.97 Å². The van der Waals surface area contributed by atoms with Crippen LogP contribution in [0.5, 0.6) is 0 Å². The normalized spacial score (nSPS) is 11.8. The van der Waals surface area contributed by atoms with Gasteiger partial charge in [-0.25, -0.2) is 9.59 Å². The van der Waals surface area contributed by atoms with Gasteiger partial charge >= 0.3 is 11.9 Å². The Kier molecular flexibility index (Phi) is 10.6. The highest BCUT2D eigenvalue weighted by Gasteiger charge is 2.14. The molecule has 0 bridgehead atoms. The monoisotopic (exact) mass is 348 g/mol. The third kappa shape index (κ3) is 8.71. The topological polar surface area (TPSA) is 52.6 Å². The van der Waals surface area contributed by atoms with Gasteiger partial charge in [-0.15, -0.1) is 0 Å². The van der Waals surface area contributed by atoms with Crippen molar-refractivity contribution < 1.29 is 19.1 Å². The van der Waals surface area contributed by atoms with E-state index in [4.69, 9.17) is 9.47 Å². The summed E-state index contributed by atoms with van der Waals surface area (Å²) in [7, 11) is 0. The molecule has 1 unspecified atom stereocenters. The van der Waals surface area contributed by atoms with Crippen molar-refractivity contribution in [3.05, 3.63) is 35.4 Å². The Bertz CT molecular complexity index is 524. The summed E-state index contributed by atoms with van der Waals surface area (Å²) in [4.78, 5) is 24.2. The molecular formula is C21H32O4. The van der Waals surface area contributed by atoms with Crippen molar-refractivity contribution in [3.8, 4) is 0 Å². The van der Waals surface area contributed by atoms with E-state index in [0.29, 0.717) is 17.7 Å². The van der Waals surface area contributed by atoms with Crippen LogP contribution in [0.3, 0.4) is 0 Å². The standard InChI is InChI=1S/C21H32O4/c1-4-6-7-8-9-10-15-24-20(22)18-13-11-14-19(16-18)21(23)25-17(3)12-5-2/h11,13-14,16-17H,4-10,12,15H2,1-3H3. The molecule has 25 heavy (non-hydrogen) atoms. The Labute approximate surface area is 151 Å². The van der Waals surface area contributed by atoms with E-state index in [2.05, 4.69) is 6.92 Å². The second kappa shape index (κ2) is 12.5. The van der Waals surface area contributed by atoms with E-state index in [1.807, 2.05) is 13.8 Å². The van der Waals surface area contributed by atoms with Gasteiger partial charge in [0.1, 0.15) is 0 Å². The molecule has 0 aliphatic heterocycles. The van der Waals surface area contributed by atoms with Gasteiger partial charge in [0.25, 0.3) is 0 Å². The number of hydrogen-bond acceptors (Lipinski definition) is 4. The first-order chi connectivity index (χ1) is 12.1. The van der Waals surface area contributed by atoms with E-state index in [0.717, 1.165) is 25.7 Å². The number of benzene rings is 1. The van der Waals surface area contributed by atoms with Crippen molar-refractivity contribution in [2.45, 2.75) is 78.2 Å². The summed E-state index contributed by atoms with van der Waals surface area (Å²) in [6.07, 6.45) is 8.53. The molecule has 0 aliphatic rings. The molecule has 1 aromatic rings. The minimum atomic E-state index is -0.397. The van der Waals surface area contributed by atoms with Crippen LogP contribution in [0.2, 0.25) is 0 Å². The Balaban J connectivity index is 2.42. The molecule has 0 fully saturated rings. The summed E-state index contributed by atoms with van der Waals surface area (Å²) in [5.41, 5.74) is 0.778. The first kappa shape index (κ1) is 21.2. The lowest BCUT2D eigenvalue weighted by molar-refractivity contribution is 0.0323. The van der Waals surface area contributed by atoms with Crippen LogP contribution in [0.4, 0.5) is 0 Å². The van der Waals surface area contributed by atoms with Crippen LogP contribution in [-0.2, 0) is 9.47 Å². The number of hydrogen-bond donors (Lipinski definition) is 0. The second-order valence-corrected chi connectivity index (χ2v) is 6.49. The molecule has 0 aromatic heterocycles. The van der Waals surface area contributed by atoms with Crippen LogP contribution < -0.4 is 0 Å². The summed E-state index contributed by atoms with van der Waals surface area (Å²) in [6, 6.07) is 6.55. The molecular weight excluding hydrogens is 316 g/mol. The third-order valence-electron chi connectivity index (χ3n) is 4.07.